The van der Waals surface area contributed by atoms with E-state index in [2.05, 4.69) is 19.2 Å². The molecular weight excluding hydrogens is 288 g/mol. The van der Waals surface area contributed by atoms with Crippen molar-refractivity contribution in [3.63, 3.8) is 0 Å². The van der Waals surface area contributed by atoms with Gasteiger partial charge in [-0.25, -0.2) is 13.1 Å². The van der Waals surface area contributed by atoms with E-state index in [1.165, 1.54) is 12.3 Å². The molecule has 1 N–H and O–H groups in total. The summed E-state index contributed by atoms with van der Waals surface area (Å²) in [5.41, 5.74) is 0. The van der Waals surface area contributed by atoms with Crippen LogP contribution in [0.4, 0.5) is 0 Å². The van der Waals surface area contributed by atoms with Crippen LogP contribution in [-0.2, 0) is 16.4 Å². The number of hydrogen-bond acceptors (Lipinski definition) is 7. The third kappa shape index (κ3) is 2.99. The second-order valence-electron chi connectivity index (χ2n) is 4.30. The van der Waals surface area contributed by atoms with Gasteiger partial charge in [0.1, 0.15) is 0 Å². The van der Waals surface area contributed by atoms with Gasteiger partial charge in [-0.05, 0) is 30.4 Å². The molecule has 0 aliphatic heterocycles. The van der Waals surface area contributed by atoms with Gasteiger partial charge in [-0.3, -0.25) is 0 Å². The van der Waals surface area contributed by atoms with E-state index in [-0.39, 0.29) is 10.8 Å². The summed E-state index contributed by atoms with van der Waals surface area (Å²) in [5.74, 6) is 1.64. The molecule has 0 amide bonds. The molecule has 2 aromatic rings. The summed E-state index contributed by atoms with van der Waals surface area (Å²) in [6, 6.07) is 1.46. The van der Waals surface area contributed by atoms with E-state index < -0.39 is 10.0 Å². The van der Waals surface area contributed by atoms with Crippen molar-refractivity contribution in [1.29, 1.82) is 0 Å². The smallest absolute Gasteiger partial charge is 0.251 e. The maximum atomic E-state index is 11.8. The van der Waals surface area contributed by atoms with Crippen LogP contribution in [0.3, 0.4) is 0 Å². The molecule has 2 heterocycles. The standard InChI is InChI=1S/C10H12N4O3S2/c15-19(16,9-4-5-11-18-9)12-6-3-8-13-10(14-17-8)7-1-2-7/h4-5,7,12H,1-3,6H2. The van der Waals surface area contributed by atoms with Crippen LogP contribution in [0.25, 0.3) is 0 Å². The molecule has 0 saturated heterocycles. The largest absolute Gasteiger partial charge is 0.339 e. The van der Waals surface area contributed by atoms with Crippen LogP contribution in [0.15, 0.2) is 21.0 Å². The Hall–Kier alpha value is -1.32. The molecule has 0 bridgehead atoms. The van der Waals surface area contributed by atoms with Crippen molar-refractivity contribution in [2.45, 2.75) is 29.4 Å². The highest BCUT2D eigenvalue weighted by atomic mass is 32.2. The molecule has 9 heteroatoms. The van der Waals surface area contributed by atoms with Crippen molar-refractivity contribution in [3.05, 3.63) is 24.0 Å². The van der Waals surface area contributed by atoms with E-state index in [9.17, 15) is 8.42 Å². The van der Waals surface area contributed by atoms with Crippen LogP contribution < -0.4 is 4.72 Å². The number of hydrogen-bond donors (Lipinski definition) is 1. The minimum absolute atomic E-state index is 0.205. The van der Waals surface area contributed by atoms with Crippen molar-refractivity contribution in [3.8, 4) is 0 Å². The van der Waals surface area contributed by atoms with Crippen LogP contribution >= 0.6 is 11.5 Å². The minimum atomic E-state index is -3.47. The molecule has 0 radical (unpaired) electrons. The summed E-state index contributed by atoms with van der Waals surface area (Å²) in [5, 5.41) is 3.87. The number of nitrogens with one attached hydrogen (secondary N) is 1. The highest BCUT2D eigenvalue weighted by molar-refractivity contribution is 7.91. The lowest BCUT2D eigenvalue weighted by atomic mass is 10.4. The summed E-state index contributed by atoms with van der Waals surface area (Å²) in [6.45, 7) is 0.229. The Kier molecular flexibility index (Phi) is 3.33. The second kappa shape index (κ2) is 4.99. The Labute approximate surface area is 114 Å². The van der Waals surface area contributed by atoms with Gasteiger partial charge < -0.3 is 4.52 Å². The van der Waals surface area contributed by atoms with E-state index >= 15 is 0 Å². The average Bonchev–Trinajstić information content (AvgIpc) is 2.92. The molecule has 1 aliphatic carbocycles. The van der Waals surface area contributed by atoms with E-state index in [1.807, 2.05) is 0 Å². The molecule has 2 aromatic heterocycles. The van der Waals surface area contributed by atoms with Gasteiger partial charge in [0.2, 0.25) is 5.89 Å². The Morgan fingerprint density at radius 3 is 3.00 bits per heavy atom. The molecular formula is C10H12N4O3S2. The lowest BCUT2D eigenvalue weighted by Gasteiger charge is -2.01. The molecule has 0 unspecified atom stereocenters. The number of sulfonamides is 1. The maximum Gasteiger partial charge on any atom is 0.251 e. The van der Waals surface area contributed by atoms with E-state index in [1.54, 1.807) is 0 Å². The van der Waals surface area contributed by atoms with Crippen LogP contribution in [-0.4, -0.2) is 29.5 Å². The Balaban J connectivity index is 1.55. The van der Waals surface area contributed by atoms with Crippen molar-refractivity contribution in [2.24, 2.45) is 0 Å². The SMILES string of the molecule is O=S(=O)(NCCc1nc(C2CC2)no1)c1ccns1. The van der Waals surface area contributed by atoms with Gasteiger partial charge in [-0.2, -0.15) is 9.36 Å². The monoisotopic (exact) mass is 300 g/mol. The average molecular weight is 300 g/mol. The summed E-state index contributed by atoms with van der Waals surface area (Å²) in [6.07, 6.45) is 4.06. The first-order valence-electron chi connectivity index (χ1n) is 5.88. The molecule has 1 aliphatic rings. The van der Waals surface area contributed by atoms with Crippen molar-refractivity contribution >= 4 is 21.6 Å². The zero-order valence-corrected chi connectivity index (χ0v) is 11.6. The van der Waals surface area contributed by atoms with Gasteiger partial charge in [-0.15, -0.1) is 0 Å². The van der Waals surface area contributed by atoms with Gasteiger partial charge in [0.15, 0.2) is 10.0 Å². The molecule has 1 saturated carbocycles. The first-order valence-corrected chi connectivity index (χ1v) is 8.13. The van der Waals surface area contributed by atoms with Crippen molar-refractivity contribution in [1.82, 2.24) is 19.2 Å². The number of rotatable bonds is 6. The summed E-state index contributed by atoms with van der Waals surface area (Å²) in [4.78, 5) is 4.23. The van der Waals surface area contributed by atoms with Gasteiger partial charge in [0.05, 0.1) is 0 Å². The van der Waals surface area contributed by atoms with Crippen LogP contribution in [0, 0.1) is 0 Å². The predicted octanol–water partition coefficient (Wildman–Crippen LogP) is 0.924. The first kappa shape index (κ1) is 12.7. The molecule has 0 spiro atoms. The van der Waals surface area contributed by atoms with Crippen LogP contribution in [0.1, 0.15) is 30.5 Å². The molecule has 3 rings (SSSR count). The quantitative estimate of drug-likeness (QED) is 0.852. The topological polar surface area (TPSA) is 98.0 Å². The fourth-order valence-corrected chi connectivity index (χ4v) is 3.38. The molecule has 7 nitrogen and oxygen atoms in total. The summed E-state index contributed by atoms with van der Waals surface area (Å²) in [7, 11) is -3.47. The number of nitrogens with zero attached hydrogens (tertiary/aromatic N) is 3. The summed E-state index contributed by atoms with van der Waals surface area (Å²) >= 11 is 0.941. The van der Waals surface area contributed by atoms with E-state index in [0.717, 1.165) is 30.2 Å². The molecule has 0 aromatic carbocycles. The van der Waals surface area contributed by atoms with E-state index in [4.69, 9.17) is 4.52 Å². The second-order valence-corrected chi connectivity index (χ2v) is 7.13. The Bertz CT molecular complexity index is 646. The maximum absolute atomic E-state index is 11.8. The minimum Gasteiger partial charge on any atom is -0.339 e. The van der Waals surface area contributed by atoms with E-state index in [0.29, 0.717) is 18.2 Å². The number of aromatic nitrogens is 3. The third-order valence-corrected chi connectivity index (χ3v) is 5.41. The molecule has 19 heavy (non-hydrogen) atoms. The van der Waals surface area contributed by atoms with Gasteiger partial charge in [-0.1, -0.05) is 5.16 Å². The third-order valence-electron chi connectivity index (χ3n) is 2.74. The van der Waals surface area contributed by atoms with Gasteiger partial charge in [0, 0.05) is 25.1 Å². The fourth-order valence-electron chi connectivity index (χ4n) is 1.58. The highest BCUT2D eigenvalue weighted by Crippen LogP contribution is 2.38. The van der Waals surface area contributed by atoms with Gasteiger partial charge in [0.25, 0.3) is 10.0 Å². The molecule has 102 valence electrons. The normalized spacial score (nSPS) is 15.8. The Morgan fingerprint density at radius 2 is 2.32 bits per heavy atom. The first-order chi connectivity index (χ1) is 9.15. The molecule has 0 atom stereocenters. The van der Waals surface area contributed by atoms with Gasteiger partial charge >= 0.3 is 0 Å². The predicted molar refractivity (Wildman–Crippen MR) is 67.3 cm³/mol. The highest BCUT2D eigenvalue weighted by Gasteiger charge is 2.28. The zero-order chi connectivity index (χ0) is 13.3. The van der Waals surface area contributed by atoms with Crippen molar-refractivity contribution < 1.29 is 12.9 Å². The molecule has 1 fully saturated rings. The lowest BCUT2D eigenvalue weighted by Crippen LogP contribution is -2.25. The summed E-state index contributed by atoms with van der Waals surface area (Å²) < 4.78 is 35.1. The van der Waals surface area contributed by atoms with Crippen molar-refractivity contribution in [2.75, 3.05) is 6.54 Å². The van der Waals surface area contributed by atoms with Crippen LogP contribution in [0.5, 0.6) is 0 Å². The Morgan fingerprint density at radius 1 is 1.47 bits per heavy atom. The van der Waals surface area contributed by atoms with Crippen LogP contribution in [0.2, 0.25) is 0 Å². The lowest BCUT2D eigenvalue weighted by molar-refractivity contribution is 0.373. The zero-order valence-electron chi connectivity index (χ0n) is 9.94. The fraction of sp³-hybridized carbons (Fsp3) is 0.500.